The Morgan fingerprint density at radius 2 is 1.49 bits per heavy atom. The number of rotatable bonds is 13. The van der Waals surface area contributed by atoms with Gasteiger partial charge < -0.3 is 10.1 Å². The summed E-state index contributed by atoms with van der Waals surface area (Å²) in [5, 5.41) is 2.92. The molecule has 0 aliphatic heterocycles. The maximum absolute atomic E-state index is 12.9. The molecule has 0 heterocycles. The average molecular weight is 558 g/mol. The van der Waals surface area contributed by atoms with Gasteiger partial charge in [0.1, 0.15) is 0 Å². The molecule has 0 saturated heterocycles. The van der Waals surface area contributed by atoms with Crippen LogP contribution in [0.1, 0.15) is 72.2 Å². The predicted octanol–water partition coefficient (Wildman–Crippen LogP) is 8.47. The number of esters is 1. The second-order valence-corrected chi connectivity index (χ2v) is 10.5. The Bertz CT molecular complexity index is 1190. The third-order valence-corrected chi connectivity index (χ3v) is 7.72. The maximum atomic E-state index is 12.9. The molecule has 3 aromatic carbocycles. The van der Waals surface area contributed by atoms with Crippen LogP contribution in [0.2, 0.25) is 0 Å². The molecule has 0 radical (unpaired) electrons. The first-order valence-electron chi connectivity index (χ1n) is 13.1. The lowest BCUT2D eigenvalue weighted by atomic mass is 10.0. The van der Waals surface area contributed by atoms with Crippen LogP contribution in [0.3, 0.4) is 0 Å². The van der Waals surface area contributed by atoms with Gasteiger partial charge in [0.2, 0.25) is 0 Å². The normalized spacial score (nSPS) is 12.1. The molecule has 1 amide bonds. The number of hydrogen-bond acceptors (Lipinski definition) is 4. The Balaban J connectivity index is 1.69. The van der Waals surface area contributed by atoms with Crippen LogP contribution in [0.25, 0.3) is 11.1 Å². The summed E-state index contributed by atoms with van der Waals surface area (Å²) in [7, 11) is 1.31. The molecular weight excluding hydrogens is 523 g/mol. The number of benzene rings is 3. The summed E-state index contributed by atoms with van der Waals surface area (Å²) in [6, 6.07) is 20.6. The molecule has 39 heavy (non-hydrogen) atoms. The Morgan fingerprint density at radius 3 is 2.05 bits per heavy atom. The minimum Gasteiger partial charge on any atom is -0.469 e. The number of amides is 1. The van der Waals surface area contributed by atoms with Gasteiger partial charge in [-0.3, -0.25) is 9.59 Å². The molecule has 0 saturated carbocycles. The highest BCUT2D eigenvalue weighted by molar-refractivity contribution is 7.99. The van der Waals surface area contributed by atoms with E-state index in [-0.39, 0.29) is 30.1 Å². The number of methoxy groups -OCH3 is 1. The number of nitrogens with one attached hydrogen (secondary N) is 1. The van der Waals surface area contributed by atoms with Gasteiger partial charge >= 0.3 is 12.1 Å². The first-order chi connectivity index (χ1) is 18.7. The van der Waals surface area contributed by atoms with Gasteiger partial charge in [-0.05, 0) is 59.5 Å². The second kappa shape index (κ2) is 14.8. The zero-order valence-corrected chi connectivity index (χ0v) is 23.0. The Labute approximate surface area is 232 Å². The van der Waals surface area contributed by atoms with Gasteiger partial charge in [-0.1, -0.05) is 69.0 Å². The van der Waals surface area contributed by atoms with Crippen molar-refractivity contribution in [1.82, 2.24) is 5.32 Å². The van der Waals surface area contributed by atoms with Crippen molar-refractivity contribution in [2.75, 3.05) is 13.7 Å². The molecule has 1 unspecified atom stereocenters. The fourth-order valence-electron chi connectivity index (χ4n) is 4.12. The van der Waals surface area contributed by atoms with E-state index in [2.05, 4.69) is 17.0 Å². The standard InChI is InChI=1S/C31H34F3NO3S/c1-3-4-5-6-7-28(24-8-10-25(11-9-24)30(37)35-21-20-29(36)38-2)39-27-18-14-23(15-19-27)22-12-16-26(17-13-22)31(32,33)34/h8-19,28H,3-7,20-21H2,1-2H3,(H,35,37). The SMILES string of the molecule is CCCCCCC(Sc1ccc(-c2ccc(C(F)(F)F)cc2)cc1)c1ccc(C(=O)NCCC(=O)OC)cc1. The number of carbonyl (C=O) groups is 2. The van der Waals surface area contributed by atoms with Crippen molar-refractivity contribution in [3.8, 4) is 11.1 Å². The minimum atomic E-state index is -4.35. The Morgan fingerprint density at radius 1 is 0.872 bits per heavy atom. The number of hydrogen-bond donors (Lipinski definition) is 1. The lowest BCUT2D eigenvalue weighted by Crippen LogP contribution is -2.26. The molecule has 4 nitrogen and oxygen atoms in total. The monoisotopic (exact) mass is 557 g/mol. The highest BCUT2D eigenvalue weighted by Gasteiger charge is 2.30. The molecule has 0 aliphatic rings. The molecule has 208 valence electrons. The molecule has 1 N–H and O–H groups in total. The van der Waals surface area contributed by atoms with E-state index in [1.807, 2.05) is 36.4 Å². The number of ether oxygens (including phenoxy) is 1. The summed E-state index contributed by atoms with van der Waals surface area (Å²) in [4.78, 5) is 24.7. The van der Waals surface area contributed by atoms with E-state index >= 15 is 0 Å². The third-order valence-electron chi connectivity index (χ3n) is 6.39. The van der Waals surface area contributed by atoms with E-state index in [0.29, 0.717) is 5.56 Å². The lowest BCUT2D eigenvalue weighted by molar-refractivity contribution is -0.140. The van der Waals surface area contributed by atoms with Crippen molar-refractivity contribution in [3.05, 3.63) is 89.5 Å². The zero-order valence-electron chi connectivity index (χ0n) is 22.2. The summed E-state index contributed by atoms with van der Waals surface area (Å²) in [6.07, 6.45) is 1.33. The van der Waals surface area contributed by atoms with Crippen LogP contribution in [0.4, 0.5) is 13.2 Å². The maximum Gasteiger partial charge on any atom is 0.416 e. The second-order valence-electron chi connectivity index (χ2n) is 9.26. The largest absolute Gasteiger partial charge is 0.469 e. The Hall–Kier alpha value is -3.26. The van der Waals surface area contributed by atoms with Crippen LogP contribution in [-0.4, -0.2) is 25.5 Å². The van der Waals surface area contributed by atoms with E-state index < -0.39 is 11.7 Å². The molecule has 3 aromatic rings. The van der Waals surface area contributed by atoms with Gasteiger partial charge in [-0.15, -0.1) is 11.8 Å². The summed E-state index contributed by atoms with van der Waals surface area (Å²) in [5.41, 5.74) is 2.58. The van der Waals surface area contributed by atoms with Gasteiger partial charge in [0.15, 0.2) is 0 Å². The highest BCUT2D eigenvalue weighted by Crippen LogP contribution is 2.40. The molecule has 8 heteroatoms. The van der Waals surface area contributed by atoms with Crippen LogP contribution >= 0.6 is 11.8 Å². The molecule has 0 bridgehead atoms. The molecule has 0 aromatic heterocycles. The fraction of sp³-hybridized carbons (Fsp3) is 0.355. The number of alkyl halides is 3. The van der Waals surface area contributed by atoms with Crippen molar-refractivity contribution < 1.29 is 27.5 Å². The molecule has 3 rings (SSSR count). The van der Waals surface area contributed by atoms with E-state index in [4.69, 9.17) is 0 Å². The van der Waals surface area contributed by atoms with Crippen molar-refractivity contribution in [2.24, 2.45) is 0 Å². The van der Waals surface area contributed by atoms with Crippen LogP contribution < -0.4 is 5.32 Å². The molecule has 1 atom stereocenters. The van der Waals surface area contributed by atoms with E-state index in [9.17, 15) is 22.8 Å². The summed E-state index contributed by atoms with van der Waals surface area (Å²) in [6.45, 7) is 2.39. The van der Waals surface area contributed by atoms with Gasteiger partial charge in [0, 0.05) is 22.3 Å². The first kappa shape index (κ1) is 30.3. The quantitative estimate of drug-likeness (QED) is 0.130. The van der Waals surface area contributed by atoms with Crippen LogP contribution in [-0.2, 0) is 15.7 Å². The van der Waals surface area contributed by atoms with Gasteiger partial charge in [-0.2, -0.15) is 13.2 Å². The van der Waals surface area contributed by atoms with Crippen molar-refractivity contribution in [3.63, 3.8) is 0 Å². The fourth-order valence-corrected chi connectivity index (χ4v) is 5.32. The predicted molar refractivity (Wildman–Crippen MR) is 150 cm³/mol. The van der Waals surface area contributed by atoms with Gasteiger partial charge in [-0.25, -0.2) is 0 Å². The first-order valence-corrected chi connectivity index (χ1v) is 14.0. The van der Waals surface area contributed by atoms with E-state index in [1.165, 1.54) is 25.7 Å². The number of unbranched alkanes of at least 4 members (excludes halogenated alkanes) is 3. The number of thioether (sulfide) groups is 1. The minimum absolute atomic E-state index is 0.119. The molecular formula is C31H34F3NO3S. The van der Waals surface area contributed by atoms with Crippen molar-refractivity contribution >= 4 is 23.6 Å². The summed E-state index contributed by atoms with van der Waals surface area (Å²) >= 11 is 1.74. The highest BCUT2D eigenvalue weighted by atomic mass is 32.2. The van der Waals surface area contributed by atoms with Gasteiger partial charge in [0.25, 0.3) is 5.91 Å². The summed E-state index contributed by atoms with van der Waals surface area (Å²) < 4.78 is 43.2. The van der Waals surface area contributed by atoms with Crippen LogP contribution in [0, 0.1) is 0 Å². The summed E-state index contributed by atoms with van der Waals surface area (Å²) in [5.74, 6) is -0.613. The van der Waals surface area contributed by atoms with Crippen LogP contribution in [0.5, 0.6) is 0 Å². The molecule has 0 fully saturated rings. The topological polar surface area (TPSA) is 55.4 Å². The number of carbonyl (C=O) groups excluding carboxylic acids is 2. The van der Waals surface area contributed by atoms with Crippen molar-refractivity contribution in [2.45, 2.75) is 61.8 Å². The lowest BCUT2D eigenvalue weighted by Gasteiger charge is -2.18. The third kappa shape index (κ3) is 9.46. The van der Waals surface area contributed by atoms with E-state index in [1.54, 1.807) is 23.9 Å². The Kier molecular flexibility index (Phi) is 11.5. The average Bonchev–Trinajstić information content (AvgIpc) is 2.94. The molecule has 0 spiro atoms. The van der Waals surface area contributed by atoms with Gasteiger partial charge in [0.05, 0.1) is 19.1 Å². The number of halogens is 3. The zero-order chi connectivity index (χ0) is 28.3. The van der Waals surface area contributed by atoms with Crippen LogP contribution in [0.15, 0.2) is 77.7 Å². The van der Waals surface area contributed by atoms with E-state index in [0.717, 1.165) is 59.4 Å². The molecule has 0 aliphatic carbocycles. The smallest absolute Gasteiger partial charge is 0.416 e. The van der Waals surface area contributed by atoms with Crippen molar-refractivity contribution in [1.29, 1.82) is 0 Å².